The molecule has 0 radical (unpaired) electrons. The molecule has 0 amide bonds. The van der Waals surface area contributed by atoms with Gasteiger partial charge in [-0.3, -0.25) is 0 Å². The molecule has 5 nitrogen and oxygen atoms in total. The highest BCUT2D eigenvalue weighted by Crippen LogP contribution is 2.51. The van der Waals surface area contributed by atoms with E-state index in [4.69, 9.17) is 18.6 Å². The fourth-order valence-corrected chi connectivity index (χ4v) is 7.92. The molecule has 258 valence electrons. The van der Waals surface area contributed by atoms with Crippen LogP contribution in [0.4, 0.5) is 0 Å². The van der Waals surface area contributed by atoms with E-state index < -0.39 is 36.6 Å². The van der Waals surface area contributed by atoms with Gasteiger partial charge in [0.15, 0.2) is 0 Å². The van der Waals surface area contributed by atoms with Gasteiger partial charge in [0.2, 0.25) is 0 Å². The molecule has 0 unspecified atom stereocenters. The molecule has 2 saturated heterocycles. The number of benzene rings is 4. The Bertz CT molecular complexity index is 2170. The van der Waals surface area contributed by atoms with Gasteiger partial charge in [-0.15, -0.1) is 0 Å². The molecule has 3 heterocycles. The molecule has 3 aliphatic rings. The van der Waals surface area contributed by atoms with Gasteiger partial charge >= 0.3 is 14.2 Å². The summed E-state index contributed by atoms with van der Waals surface area (Å²) in [5.74, 6) is 0. The van der Waals surface area contributed by atoms with E-state index in [9.17, 15) is 0 Å². The van der Waals surface area contributed by atoms with E-state index in [0.29, 0.717) is 0 Å². The quantitative estimate of drug-likeness (QED) is 0.180. The standard InChI is InChI=1S/C43H51B2NO4/c1-38(2,3)26-14-18-29(19-15-26)46-36-21-17-27(44-47-40(6,7)41(8,9)48-44)22-32(36)33-24-31-30-20-16-28(45-49-42(10,11)43(12,13)50-45)23-34(30)39(4,5)35(31)25-37(33)46/h14-25H,1-13H3. The van der Waals surface area contributed by atoms with Gasteiger partial charge in [-0.1, -0.05) is 77.1 Å². The molecule has 1 aromatic heterocycles. The number of aromatic nitrogens is 1. The van der Waals surface area contributed by atoms with E-state index in [2.05, 4.69) is 167 Å². The minimum Gasteiger partial charge on any atom is -0.399 e. The maximum absolute atomic E-state index is 6.52. The zero-order chi connectivity index (χ0) is 36.0. The van der Waals surface area contributed by atoms with Crippen LogP contribution in [0.2, 0.25) is 0 Å². The van der Waals surface area contributed by atoms with E-state index in [1.165, 1.54) is 49.6 Å². The summed E-state index contributed by atoms with van der Waals surface area (Å²) in [6.45, 7) is 28.4. The SMILES string of the molecule is CC(C)(C)c1ccc(-n2c3ccc(B4OC(C)(C)C(C)(C)O4)cc3c3cc4c(cc32)C(C)(C)c2cc(B3OC(C)(C)C(C)(C)O3)ccc2-4)cc1. The summed E-state index contributed by atoms with van der Waals surface area (Å²) in [5.41, 5.74) is 10.4. The van der Waals surface area contributed by atoms with Crippen molar-refractivity contribution in [2.45, 2.75) is 123 Å². The lowest BCUT2D eigenvalue weighted by molar-refractivity contribution is 0.00578. The van der Waals surface area contributed by atoms with Crippen LogP contribution in [0, 0.1) is 0 Å². The first kappa shape index (κ1) is 33.8. The van der Waals surface area contributed by atoms with Gasteiger partial charge in [0.05, 0.1) is 33.4 Å². The second-order valence-corrected chi connectivity index (χ2v) is 18.4. The zero-order valence-corrected chi connectivity index (χ0v) is 32.2. The van der Waals surface area contributed by atoms with Crippen molar-refractivity contribution in [2.24, 2.45) is 0 Å². The molecule has 0 saturated carbocycles. The fraction of sp³-hybridized carbons (Fsp3) is 0.442. The maximum Gasteiger partial charge on any atom is 0.494 e. The van der Waals surface area contributed by atoms with Crippen molar-refractivity contribution in [1.29, 1.82) is 0 Å². The van der Waals surface area contributed by atoms with Crippen molar-refractivity contribution in [2.75, 3.05) is 0 Å². The molecule has 2 aliphatic heterocycles. The predicted octanol–water partition coefficient (Wildman–Crippen LogP) is 8.99. The molecular formula is C43H51B2NO4. The van der Waals surface area contributed by atoms with Crippen molar-refractivity contribution in [1.82, 2.24) is 4.57 Å². The third kappa shape index (κ3) is 4.83. The molecule has 0 bridgehead atoms. The maximum atomic E-state index is 6.52. The Balaban J connectivity index is 1.31. The van der Waals surface area contributed by atoms with Gasteiger partial charge in [-0.05, 0) is 130 Å². The number of hydrogen-bond acceptors (Lipinski definition) is 4. The van der Waals surface area contributed by atoms with Gasteiger partial charge in [0, 0.05) is 21.9 Å². The van der Waals surface area contributed by atoms with Gasteiger partial charge in [0.1, 0.15) is 0 Å². The molecule has 8 rings (SSSR count). The van der Waals surface area contributed by atoms with Crippen molar-refractivity contribution in [3.63, 3.8) is 0 Å². The van der Waals surface area contributed by atoms with Crippen LogP contribution in [0.15, 0.2) is 72.8 Å². The lowest BCUT2D eigenvalue weighted by Crippen LogP contribution is -2.41. The summed E-state index contributed by atoms with van der Waals surface area (Å²) < 4.78 is 28.4. The highest BCUT2D eigenvalue weighted by atomic mass is 16.7. The number of rotatable bonds is 3. The average molecular weight is 668 g/mol. The predicted molar refractivity (Wildman–Crippen MR) is 208 cm³/mol. The van der Waals surface area contributed by atoms with Crippen LogP contribution >= 0.6 is 0 Å². The highest BCUT2D eigenvalue weighted by molar-refractivity contribution is 6.62. The monoisotopic (exact) mass is 667 g/mol. The summed E-state index contributed by atoms with van der Waals surface area (Å²) in [4.78, 5) is 0. The van der Waals surface area contributed by atoms with Gasteiger partial charge in [-0.2, -0.15) is 0 Å². The summed E-state index contributed by atoms with van der Waals surface area (Å²) in [6, 6.07) is 27.4. The first-order valence-corrected chi connectivity index (χ1v) is 18.2. The van der Waals surface area contributed by atoms with Crippen LogP contribution in [0.25, 0.3) is 38.6 Å². The van der Waals surface area contributed by atoms with Crippen LogP contribution in [-0.4, -0.2) is 41.2 Å². The van der Waals surface area contributed by atoms with E-state index in [1.807, 2.05) is 0 Å². The smallest absolute Gasteiger partial charge is 0.399 e. The topological polar surface area (TPSA) is 41.9 Å². The number of hydrogen-bond donors (Lipinski definition) is 0. The summed E-state index contributed by atoms with van der Waals surface area (Å²) in [5, 5.41) is 2.41. The molecule has 50 heavy (non-hydrogen) atoms. The van der Waals surface area contributed by atoms with Crippen LogP contribution < -0.4 is 10.9 Å². The third-order valence-corrected chi connectivity index (χ3v) is 12.7. The third-order valence-electron chi connectivity index (χ3n) is 12.7. The minimum atomic E-state index is -0.434. The van der Waals surface area contributed by atoms with Crippen molar-refractivity contribution in [3.8, 4) is 16.8 Å². The van der Waals surface area contributed by atoms with Crippen molar-refractivity contribution >= 4 is 47.0 Å². The second kappa shape index (κ2) is 10.4. The summed E-state index contributed by atoms with van der Waals surface area (Å²) >= 11 is 0. The Labute approximate surface area is 298 Å². The fourth-order valence-electron chi connectivity index (χ4n) is 7.92. The van der Waals surface area contributed by atoms with Crippen LogP contribution in [0.1, 0.15) is 107 Å². The first-order valence-electron chi connectivity index (χ1n) is 18.2. The number of fused-ring (bicyclic) bond motifs is 6. The Morgan fingerprint density at radius 2 is 0.980 bits per heavy atom. The van der Waals surface area contributed by atoms with Gasteiger partial charge in [0.25, 0.3) is 0 Å². The van der Waals surface area contributed by atoms with Gasteiger partial charge in [-0.25, -0.2) is 0 Å². The Morgan fingerprint density at radius 3 is 1.52 bits per heavy atom. The minimum absolute atomic E-state index is 0.0760. The van der Waals surface area contributed by atoms with Crippen molar-refractivity contribution in [3.05, 3.63) is 89.5 Å². The van der Waals surface area contributed by atoms with E-state index in [0.717, 1.165) is 16.6 Å². The lowest BCUT2D eigenvalue weighted by Gasteiger charge is -2.32. The second-order valence-electron chi connectivity index (χ2n) is 18.4. The highest BCUT2D eigenvalue weighted by Gasteiger charge is 2.53. The van der Waals surface area contributed by atoms with Crippen LogP contribution in [0.3, 0.4) is 0 Å². The van der Waals surface area contributed by atoms with Crippen LogP contribution in [-0.2, 0) is 29.4 Å². The molecule has 7 heteroatoms. The molecular weight excluding hydrogens is 616 g/mol. The Hall–Kier alpha value is -3.35. The van der Waals surface area contributed by atoms with E-state index >= 15 is 0 Å². The Morgan fingerprint density at radius 1 is 0.500 bits per heavy atom. The largest absolute Gasteiger partial charge is 0.494 e. The zero-order valence-electron chi connectivity index (χ0n) is 32.2. The molecule has 4 aromatic carbocycles. The van der Waals surface area contributed by atoms with E-state index in [1.54, 1.807) is 0 Å². The number of nitrogens with zero attached hydrogens (tertiary/aromatic N) is 1. The summed E-state index contributed by atoms with van der Waals surface area (Å²) in [7, 11) is -0.835. The molecule has 0 spiro atoms. The molecule has 1 aliphatic carbocycles. The van der Waals surface area contributed by atoms with Crippen molar-refractivity contribution < 1.29 is 18.6 Å². The molecule has 0 atom stereocenters. The summed E-state index contributed by atoms with van der Waals surface area (Å²) in [6.07, 6.45) is 0. The lowest BCUT2D eigenvalue weighted by atomic mass is 9.74. The normalized spacial score (nSPS) is 21.3. The Kier molecular flexibility index (Phi) is 7.01. The molecule has 5 aromatic rings. The van der Waals surface area contributed by atoms with Crippen LogP contribution in [0.5, 0.6) is 0 Å². The van der Waals surface area contributed by atoms with E-state index in [-0.39, 0.29) is 10.8 Å². The average Bonchev–Trinajstić information content (AvgIpc) is 3.62. The first-order chi connectivity index (χ1) is 23.1. The molecule has 0 N–H and O–H groups in total. The van der Waals surface area contributed by atoms with Gasteiger partial charge < -0.3 is 23.2 Å². The molecule has 2 fully saturated rings.